The number of aromatic nitrogens is 3. The maximum absolute atomic E-state index is 15.7. The molecule has 1 aliphatic heterocycles. The van der Waals surface area contributed by atoms with Crippen molar-refractivity contribution >= 4 is 40.0 Å². The highest BCUT2D eigenvalue weighted by Crippen LogP contribution is 2.50. The van der Waals surface area contributed by atoms with Gasteiger partial charge in [0.25, 0.3) is 0 Å². The van der Waals surface area contributed by atoms with Crippen LogP contribution in [0, 0.1) is 11.7 Å². The minimum absolute atomic E-state index is 0.0572. The maximum Gasteiger partial charge on any atom is 0.341 e. The average Bonchev–Trinajstić information content (AvgIpc) is 3.58. The van der Waals surface area contributed by atoms with E-state index in [-0.39, 0.29) is 35.8 Å². The van der Waals surface area contributed by atoms with Gasteiger partial charge < -0.3 is 29.8 Å². The van der Waals surface area contributed by atoms with Crippen LogP contribution < -0.4 is 25.5 Å². The summed E-state index contributed by atoms with van der Waals surface area (Å²) < 4.78 is 28.3. The van der Waals surface area contributed by atoms with Crippen LogP contribution in [0.3, 0.4) is 0 Å². The number of carboxylic acids is 1. The summed E-state index contributed by atoms with van der Waals surface area (Å²) in [6.45, 7) is 0.204. The Labute approximate surface area is 226 Å². The minimum atomic E-state index is -1.41. The molecule has 3 N–H and O–H groups in total. The van der Waals surface area contributed by atoms with Crippen LogP contribution in [0.25, 0.3) is 16.6 Å². The van der Waals surface area contributed by atoms with Crippen molar-refractivity contribution in [2.45, 2.75) is 24.9 Å². The third-order valence-electron chi connectivity index (χ3n) is 7.24. The number of benzene rings is 1. The third kappa shape index (κ3) is 4.38. The molecule has 1 aromatic carbocycles. The second kappa shape index (κ2) is 9.42. The number of anilines is 2. The van der Waals surface area contributed by atoms with Gasteiger partial charge in [0, 0.05) is 36.0 Å². The number of hydrogen-bond donors (Lipinski definition) is 2. The van der Waals surface area contributed by atoms with Crippen molar-refractivity contribution < 1.29 is 23.8 Å². The first-order valence-corrected chi connectivity index (χ1v) is 12.6. The SMILES string of the molecule is COc1ccc(Cl)c(OC[C@H]2CC3CC3N2c2cc3c(cc2F)c(=O)c(C(=O)O)cn3-c2ccnc(N)c2)n1. The molecule has 0 spiro atoms. The normalized spacial score (nSPS) is 19.7. The van der Waals surface area contributed by atoms with Crippen LogP contribution in [0.5, 0.6) is 11.8 Å². The topological polar surface area (TPSA) is 133 Å². The van der Waals surface area contributed by atoms with Crippen molar-refractivity contribution in [3.8, 4) is 17.4 Å². The zero-order chi connectivity index (χ0) is 27.4. The van der Waals surface area contributed by atoms with E-state index in [2.05, 4.69) is 9.97 Å². The number of carbonyl (C=O) groups is 1. The fourth-order valence-corrected chi connectivity index (χ4v) is 5.52. The Bertz CT molecular complexity index is 1700. The number of carboxylic acid groups (broad SMARTS) is 1. The highest BCUT2D eigenvalue weighted by atomic mass is 35.5. The molecule has 4 heterocycles. The van der Waals surface area contributed by atoms with Gasteiger partial charge in [-0.25, -0.2) is 14.2 Å². The van der Waals surface area contributed by atoms with E-state index in [1.165, 1.54) is 24.1 Å². The fraction of sp³-hybridized carbons (Fsp3) is 0.259. The molecule has 200 valence electrons. The summed E-state index contributed by atoms with van der Waals surface area (Å²) in [6.07, 6.45) is 4.40. The minimum Gasteiger partial charge on any atom is -0.481 e. The number of halogens is 2. The van der Waals surface area contributed by atoms with Gasteiger partial charge in [0.2, 0.25) is 17.2 Å². The zero-order valence-electron chi connectivity index (χ0n) is 20.7. The molecule has 1 saturated heterocycles. The van der Waals surface area contributed by atoms with Crippen molar-refractivity contribution in [2.24, 2.45) is 5.92 Å². The quantitative estimate of drug-likeness (QED) is 0.351. The molecule has 1 aliphatic carbocycles. The van der Waals surface area contributed by atoms with Crippen LogP contribution in [0.4, 0.5) is 15.9 Å². The number of pyridine rings is 3. The Morgan fingerprint density at radius 3 is 2.82 bits per heavy atom. The summed E-state index contributed by atoms with van der Waals surface area (Å²) in [4.78, 5) is 35.1. The van der Waals surface area contributed by atoms with Crippen LogP contribution in [-0.4, -0.2) is 51.4 Å². The number of piperidine rings is 1. The number of ether oxygens (including phenoxy) is 2. The standard InChI is InChI=1S/C27H23ClFN5O5/c1-38-24-3-2-18(28)26(32-24)39-12-15-6-13-7-20(13)34(15)22-10-21-16(9-19(22)29)25(35)17(27(36)37)11-33(21)14-4-5-31-23(30)8-14/h2-5,8-11,13,15,20H,6-7,12H2,1H3,(H2,30,31)(H,36,37)/t13?,15-,20?/m1/s1. The number of methoxy groups -OCH3 is 1. The molecule has 2 aliphatic rings. The number of hydrogen-bond acceptors (Lipinski definition) is 8. The van der Waals surface area contributed by atoms with Gasteiger partial charge in [0.15, 0.2) is 0 Å². The molecule has 2 unspecified atom stereocenters. The number of nitrogen functional groups attached to an aromatic ring is 1. The molecule has 0 radical (unpaired) electrons. The van der Waals surface area contributed by atoms with Crippen molar-refractivity contribution in [3.05, 3.63) is 75.4 Å². The molecule has 0 amide bonds. The van der Waals surface area contributed by atoms with E-state index in [0.717, 1.165) is 18.9 Å². The molecule has 2 fully saturated rings. The molecule has 3 aromatic heterocycles. The first kappa shape index (κ1) is 24.9. The first-order valence-electron chi connectivity index (χ1n) is 12.2. The fourth-order valence-electron chi connectivity index (χ4n) is 5.36. The monoisotopic (exact) mass is 551 g/mol. The largest absolute Gasteiger partial charge is 0.481 e. The summed E-state index contributed by atoms with van der Waals surface area (Å²) in [5, 5.41) is 9.91. The average molecular weight is 552 g/mol. The molecule has 1 saturated carbocycles. The van der Waals surface area contributed by atoms with E-state index in [1.54, 1.807) is 30.3 Å². The van der Waals surface area contributed by atoms with Gasteiger partial charge in [-0.15, -0.1) is 0 Å². The van der Waals surface area contributed by atoms with Gasteiger partial charge in [-0.2, -0.15) is 4.98 Å². The van der Waals surface area contributed by atoms with Crippen molar-refractivity contribution in [2.75, 3.05) is 24.4 Å². The van der Waals surface area contributed by atoms with E-state index < -0.39 is 22.8 Å². The molecule has 12 heteroatoms. The second-order valence-electron chi connectivity index (χ2n) is 9.62. The summed E-state index contributed by atoms with van der Waals surface area (Å²) in [5.41, 5.74) is 5.73. The Kier molecular flexibility index (Phi) is 6.02. The number of nitrogens with zero attached hydrogens (tertiary/aromatic N) is 4. The summed E-state index contributed by atoms with van der Waals surface area (Å²) >= 11 is 6.25. The van der Waals surface area contributed by atoms with Crippen LogP contribution in [0.1, 0.15) is 23.2 Å². The third-order valence-corrected chi connectivity index (χ3v) is 7.53. The second-order valence-corrected chi connectivity index (χ2v) is 10.0. The molecule has 39 heavy (non-hydrogen) atoms. The van der Waals surface area contributed by atoms with E-state index in [9.17, 15) is 14.7 Å². The van der Waals surface area contributed by atoms with Crippen LogP contribution in [0.15, 0.2) is 53.6 Å². The molecular formula is C27H23ClFN5O5. The Morgan fingerprint density at radius 1 is 1.26 bits per heavy atom. The maximum atomic E-state index is 15.7. The Balaban J connectivity index is 1.43. The molecule has 10 nitrogen and oxygen atoms in total. The van der Waals surface area contributed by atoms with Gasteiger partial charge in [-0.1, -0.05) is 11.6 Å². The predicted molar refractivity (Wildman–Crippen MR) is 143 cm³/mol. The van der Waals surface area contributed by atoms with Crippen LogP contribution >= 0.6 is 11.6 Å². The lowest BCUT2D eigenvalue weighted by molar-refractivity contribution is 0.0695. The zero-order valence-corrected chi connectivity index (χ0v) is 21.4. The predicted octanol–water partition coefficient (Wildman–Crippen LogP) is 3.91. The highest BCUT2D eigenvalue weighted by molar-refractivity contribution is 6.31. The molecule has 4 aromatic rings. The lowest BCUT2D eigenvalue weighted by Crippen LogP contribution is -2.38. The van der Waals surface area contributed by atoms with Gasteiger partial charge in [0.1, 0.15) is 28.8 Å². The van der Waals surface area contributed by atoms with Gasteiger partial charge in [-0.05, 0) is 43.0 Å². The number of nitrogens with two attached hydrogens (primary N) is 1. The Morgan fingerprint density at radius 2 is 2.08 bits per heavy atom. The highest BCUT2D eigenvalue weighted by Gasteiger charge is 2.53. The van der Waals surface area contributed by atoms with Crippen molar-refractivity contribution in [1.82, 2.24) is 14.5 Å². The molecule has 3 atom stereocenters. The molecule has 0 bridgehead atoms. The number of rotatable bonds is 7. The van der Waals surface area contributed by atoms with Gasteiger partial charge in [0.05, 0.1) is 30.0 Å². The van der Waals surface area contributed by atoms with E-state index >= 15 is 4.39 Å². The van der Waals surface area contributed by atoms with Crippen molar-refractivity contribution in [3.63, 3.8) is 0 Å². The van der Waals surface area contributed by atoms with Crippen molar-refractivity contribution in [1.29, 1.82) is 0 Å². The summed E-state index contributed by atoms with van der Waals surface area (Å²) in [5.74, 6) is -0.861. The van der Waals surface area contributed by atoms with Gasteiger partial charge >= 0.3 is 5.97 Å². The summed E-state index contributed by atoms with van der Waals surface area (Å²) in [6, 6.07) is 9.06. The smallest absolute Gasteiger partial charge is 0.341 e. The van der Waals surface area contributed by atoms with E-state index in [1.807, 2.05) is 4.90 Å². The number of aromatic carboxylic acids is 1. The molecule has 6 rings (SSSR count). The lowest BCUT2D eigenvalue weighted by atomic mass is 10.1. The van der Waals surface area contributed by atoms with Crippen LogP contribution in [-0.2, 0) is 0 Å². The van der Waals surface area contributed by atoms with E-state index in [0.29, 0.717) is 33.7 Å². The first-order chi connectivity index (χ1) is 18.7. The number of fused-ring (bicyclic) bond motifs is 2. The molecular weight excluding hydrogens is 529 g/mol. The van der Waals surface area contributed by atoms with Gasteiger partial charge in [-0.3, -0.25) is 4.79 Å². The lowest BCUT2D eigenvalue weighted by Gasteiger charge is -2.30. The van der Waals surface area contributed by atoms with Crippen LogP contribution in [0.2, 0.25) is 5.02 Å². The Hall–Kier alpha value is -4.38. The summed E-state index contributed by atoms with van der Waals surface area (Å²) in [7, 11) is 1.49. The van der Waals surface area contributed by atoms with E-state index in [4.69, 9.17) is 26.8 Å².